The Bertz CT molecular complexity index is 562. The van der Waals surface area contributed by atoms with Crippen LogP contribution in [-0.4, -0.2) is 48.9 Å². The second-order valence-corrected chi connectivity index (χ2v) is 5.74. The molecule has 5 nitrogen and oxygen atoms in total. The summed E-state index contributed by atoms with van der Waals surface area (Å²) >= 11 is 0. The van der Waals surface area contributed by atoms with Gasteiger partial charge in [0, 0.05) is 19.9 Å². The third-order valence-corrected chi connectivity index (χ3v) is 3.96. The number of likely N-dealkylation sites (tertiary alicyclic amines) is 1. The lowest BCUT2D eigenvalue weighted by molar-refractivity contribution is -0.139. The van der Waals surface area contributed by atoms with Crippen molar-refractivity contribution in [2.75, 3.05) is 6.54 Å². The summed E-state index contributed by atoms with van der Waals surface area (Å²) in [5, 5.41) is 2.72. The molecular formula is C16H21BN2O3. The van der Waals surface area contributed by atoms with Gasteiger partial charge in [-0.15, -0.1) is 0 Å². The Hall–Kier alpha value is -2.11. The molecule has 2 amide bonds. The van der Waals surface area contributed by atoms with Crippen LogP contribution in [-0.2, 0) is 20.8 Å². The van der Waals surface area contributed by atoms with Gasteiger partial charge in [0.25, 0.3) is 0 Å². The van der Waals surface area contributed by atoms with Gasteiger partial charge in [0.15, 0.2) is 7.85 Å². The van der Waals surface area contributed by atoms with Crippen LogP contribution in [0, 0.1) is 0 Å². The van der Waals surface area contributed by atoms with Crippen molar-refractivity contribution in [1.82, 2.24) is 10.2 Å². The van der Waals surface area contributed by atoms with Crippen LogP contribution in [0.3, 0.4) is 0 Å². The van der Waals surface area contributed by atoms with E-state index >= 15 is 0 Å². The fourth-order valence-corrected chi connectivity index (χ4v) is 2.95. The lowest BCUT2D eigenvalue weighted by atomic mass is 9.93. The summed E-state index contributed by atoms with van der Waals surface area (Å²) in [6.07, 6.45) is 1.97. The molecule has 0 saturated carbocycles. The number of hydrogen-bond donors (Lipinski definition) is 1. The minimum Gasteiger partial charge on any atom is -0.344 e. The molecule has 22 heavy (non-hydrogen) atoms. The van der Waals surface area contributed by atoms with Gasteiger partial charge < -0.3 is 15.0 Å². The van der Waals surface area contributed by atoms with Crippen LogP contribution in [0.25, 0.3) is 0 Å². The van der Waals surface area contributed by atoms with Crippen molar-refractivity contribution in [3.63, 3.8) is 0 Å². The maximum atomic E-state index is 12.8. The number of nitrogens with zero attached hydrogens (tertiary/aromatic N) is 1. The van der Waals surface area contributed by atoms with Crippen molar-refractivity contribution in [3.8, 4) is 0 Å². The highest BCUT2D eigenvalue weighted by atomic mass is 16.2. The minimum absolute atomic E-state index is 0.00661. The molecule has 1 fully saturated rings. The fraction of sp³-hybridized carbons (Fsp3) is 0.438. The fourth-order valence-electron chi connectivity index (χ4n) is 2.95. The van der Waals surface area contributed by atoms with Gasteiger partial charge in [0.2, 0.25) is 11.8 Å². The highest BCUT2D eigenvalue weighted by Gasteiger charge is 2.35. The number of carbonyl (C=O) groups excluding carboxylic acids is 3. The van der Waals surface area contributed by atoms with Crippen LogP contribution in [0.5, 0.6) is 0 Å². The molecule has 0 spiro atoms. The van der Waals surface area contributed by atoms with E-state index in [0.717, 1.165) is 12.0 Å². The summed E-state index contributed by atoms with van der Waals surface area (Å²) < 4.78 is 0. The van der Waals surface area contributed by atoms with Gasteiger partial charge in [0.1, 0.15) is 11.7 Å². The van der Waals surface area contributed by atoms with E-state index in [2.05, 4.69) is 5.32 Å². The van der Waals surface area contributed by atoms with E-state index < -0.39 is 6.04 Å². The quantitative estimate of drug-likeness (QED) is 0.771. The first-order chi connectivity index (χ1) is 10.5. The van der Waals surface area contributed by atoms with E-state index in [4.69, 9.17) is 0 Å². The third kappa shape index (κ3) is 3.96. The molecule has 1 N–H and O–H groups in total. The predicted molar refractivity (Wildman–Crippen MR) is 86.0 cm³/mol. The lowest BCUT2D eigenvalue weighted by Gasteiger charge is -2.28. The maximum absolute atomic E-state index is 12.8. The van der Waals surface area contributed by atoms with Crippen LogP contribution in [0.15, 0.2) is 30.3 Å². The summed E-state index contributed by atoms with van der Waals surface area (Å²) in [6, 6.07) is 8.59. The molecule has 0 aliphatic carbocycles. The molecule has 2 atom stereocenters. The maximum Gasteiger partial charge on any atom is 0.246 e. The summed E-state index contributed by atoms with van der Waals surface area (Å²) in [5.74, 6) is -0.412. The van der Waals surface area contributed by atoms with Crippen molar-refractivity contribution < 1.29 is 14.4 Å². The van der Waals surface area contributed by atoms with Crippen LogP contribution >= 0.6 is 0 Å². The Balaban J connectivity index is 2.15. The molecular weight excluding hydrogens is 279 g/mol. The van der Waals surface area contributed by atoms with Gasteiger partial charge in [0.05, 0.1) is 6.04 Å². The Morgan fingerprint density at radius 2 is 2.00 bits per heavy atom. The minimum atomic E-state index is -0.625. The van der Waals surface area contributed by atoms with Crippen LogP contribution in [0.1, 0.15) is 25.3 Å². The van der Waals surface area contributed by atoms with Gasteiger partial charge in [-0.3, -0.25) is 9.59 Å². The SMILES string of the molecule is BC(=O)[C@@H]1CCCN1C(=O)[C@@H](Cc1ccccc1)NC(C)=O. The van der Waals surface area contributed by atoms with Gasteiger partial charge >= 0.3 is 0 Å². The lowest BCUT2D eigenvalue weighted by Crippen LogP contribution is -2.52. The zero-order chi connectivity index (χ0) is 16.1. The Morgan fingerprint density at radius 3 is 2.59 bits per heavy atom. The number of rotatable bonds is 5. The van der Waals surface area contributed by atoms with E-state index in [0.29, 0.717) is 19.4 Å². The second-order valence-electron chi connectivity index (χ2n) is 5.74. The largest absolute Gasteiger partial charge is 0.344 e. The second kappa shape index (κ2) is 7.25. The van der Waals surface area contributed by atoms with E-state index in [9.17, 15) is 14.4 Å². The number of benzene rings is 1. The first kappa shape index (κ1) is 16.3. The number of nitrogens with one attached hydrogen (secondary N) is 1. The van der Waals surface area contributed by atoms with Crippen molar-refractivity contribution in [2.45, 2.75) is 38.3 Å². The Morgan fingerprint density at radius 1 is 1.32 bits per heavy atom. The van der Waals surface area contributed by atoms with Gasteiger partial charge in [-0.25, -0.2) is 0 Å². The molecule has 1 aromatic rings. The smallest absolute Gasteiger partial charge is 0.246 e. The molecule has 1 heterocycles. The van der Waals surface area contributed by atoms with Gasteiger partial charge in [-0.2, -0.15) is 0 Å². The normalized spacial score (nSPS) is 18.8. The average Bonchev–Trinajstić information content (AvgIpc) is 2.96. The third-order valence-electron chi connectivity index (χ3n) is 3.96. The molecule has 6 heteroatoms. The highest BCUT2D eigenvalue weighted by Crippen LogP contribution is 2.19. The first-order valence-corrected chi connectivity index (χ1v) is 7.61. The van der Waals surface area contributed by atoms with Crippen molar-refractivity contribution >= 4 is 25.3 Å². The molecule has 0 bridgehead atoms. The molecule has 1 saturated heterocycles. The van der Waals surface area contributed by atoms with Gasteiger partial charge in [-0.1, -0.05) is 30.3 Å². The van der Waals surface area contributed by atoms with E-state index in [-0.39, 0.29) is 23.5 Å². The molecule has 1 aromatic carbocycles. The van der Waals surface area contributed by atoms with Crippen LogP contribution < -0.4 is 5.32 Å². The first-order valence-electron chi connectivity index (χ1n) is 7.61. The van der Waals surface area contributed by atoms with Crippen LogP contribution in [0.2, 0.25) is 0 Å². The molecule has 1 aliphatic heterocycles. The molecule has 2 rings (SSSR count). The van der Waals surface area contributed by atoms with Crippen molar-refractivity contribution in [3.05, 3.63) is 35.9 Å². The summed E-state index contributed by atoms with van der Waals surface area (Å²) in [4.78, 5) is 37.5. The van der Waals surface area contributed by atoms with Crippen LogP contribution in [0.4, 0.5) is 0 Å². The summed E-state index contributed by atoms with van der Waals surface area (Å²) in [5.41, 5.74) is 0.986. The Labute approximate surface area is 131 Å². The number of carbonyl (C=O) groups is 3. The summed E-state index contributed by atoms with van der Waals surface area (Å²) in [7, 11) is 1.51. The number of hydrogen-bond acceptors (Lipinski definition) is 3. The topological polar surface area (TPSA) is 66.5 Å². The molecule has 0 aromatic heterocycles. The zero-order valence-electron chi connectivity index (χ0n) is 13.0. The average molecular weight is 300 g/mol. The Kier molecular flexibility index (Phi) is 5.36. The van der Waals surface area contributed by atoms with Gasteiger partial charge in [-0.05, 0) is 18.4 Å². The standard InChI is InChI=1S/C16H21BN2O3/c1-11(20)18-13(10-12-6-3-2-4-7-12)16(22)19-9-5-8-14(19)15(17)21/h2-4,6-7,13-14H,5,8-10,17H2,1H3,(H,18,20)/t13-,14+/m1/s1. The van der Waals surface area contributed by atoms with E-state index in [1.807, 2.05) is 30.3 Å². The number of amides is 2. The molecule has 1 aliphatic rings. The molecule has 0 radical (unpaired) electrons. The highest BCUT2D eigenvalue weighted by molar-refractivity contribution is 6.59. The monoisotopic (exact) mass is 300 g/mol. The zero-order valence-corrected chi connectivity index (χ0v) is 13.0. The molecule has 116 valence electrons. The van der Waals surface area contributed by atoms with Crippen molar-refractivity contribution in [2.24, 2.45) is 0 Å². The molecule has 0 unspecified atom stereocenters. The summed E-state index contributed by atoms with van der Waals surface area (Å²) in [6.45, 7) is 1.98. The predicted octanol–water partition coefficient (Wildman–Crippen LogP) is -0.116. The van der Waals surface area contributed by atoms with E-state index in [1.165, 1.54) is 14.8 Å². The van der Waals surface area contributed by atoms with Crippen molar-refractivity contribution in [1.29, 1.82) is 0 Å². The van der Waals surface area contributed by atoms with E-state index in [1.54, 1.807) is 4.90 Å².